The van der Waals surface area contributed by atoms with Crippen molar-refractivity contribution in [2.24, 2.45) is 20.7 Å². The van der Waals surface area contributed by atoms with Gasteiger partial charge in [-0.05, 0) is 102 Å². The first-order valence-corrected chi connectivity index (χ1v) is 12.0. The minimum absolute atomic E-state index is 0. The van der Waals surface area contributed by atoms with Gasteiger partial charge in [-0.3, -0.25) is 0 Å². The first-order chi connectivity index (χ1) is 17.0. The summed E-state index contributed by atoms with van der Waals surface area (Å²) in [6.45, 7) is 17.3. The van der Waals surface area contributed by atoms with Crippen LogP contribution in [0.4, 0.5) is 0 Å². The molecule has 0 radical (unpaired) electrons. The predicted octanol–water partition coefficient (Wildman–Crippen LogP) is 5.96. The van der Waals surface area contributed by atoms with Gasteiger partial charge in [0.1, 0.15) is 22.8 Å². The Morgan fingerprint density at radius 3 is 0.684 bits per heavy atom. The van der Waals surface area contributed by atoms with Gasteiger partial charge < -0.3 is 21.3 Å². The molecule has 14 heteroatoms. The number of allylic oxidation sites excluding steroid dienone is 8. The third-order valence-corrected chi connectivity index (χ3v) is 5.49. The number of unbranched alkanes of at least 4 members (excludes halogenated alkanes) is 2. The molecule has 12 nitrogen and oxygen atoms in total. The van der Waals surface area contributed by atoms with Crippen LogP contribution < -0.4 is 21.3 Å². The maximum Gasteiger partial charge on any atom is 1.00 e. The van der Waals surface area contributed by atoms with Gasteiger partial charge in [0.25, 0.3) is 0 Å². The summed E-state index contributed by atoms with van der Waals surface area (Å²) >= 11 is 0. The number of nitrogens with zero attached hydrogens (tertiary/aromatic N) is 4. The Morgan fingerprint density at radius 1 is 0.395 bits per heavy atom. The van der Waals surface area contributed by atoms with Crippen LogP contribution >= 0.6 is 0 Å². The Balaban J connectivity index is -0.000000289. The average molecular weight is 636 g/mol. The van der Waals surface area contributed by atoms with Crippen LogP contribution in [0.15, 0.2) is 66.3 Å². The molecule has 0 rings (SSSR count). The summed E-state index contributed by atoms with van der Waals surface area (Å²) in [4.78, 5) is 41.0. The van der Waals surface area contributed by atoms with Crippen molar-refractivity contribution in [3.8, 4) is 0 Å². The van der Waals surface area contributed by atoms with Gasteiger partial charge in [0.15, 0.2) is 0 Å². The fraction of sp³-hybridized carbons (Fsp3) is 0.667. The Bertz CT molecular complexity index is 707. The van der Waals surface area contributed by atoms with Crippen LogP contribution in [-0.2, 0) is 34.1 Å². The van der Waals surface area contributed by atoms with Crippen LogP contribution in [0.3, 0.4) is 0 Å². The van der Waals surface area contributed by atoms with E-state index in [1.807, 2.05) is 27.7 Å². The van der Waals surface area contributed by atoms with E-state index in [0.29, 0.717) is 22.8 Å². The zero-order chi connectivity index (χ0) is 27.9. The van der Waals surface area contributed by atoms with E-state index in [0.717, 1.165) is 74.7 Å². The maximum absolute atomic E-state index is 10.3. The second-order valence-electron chi connectivity index (χ2n) is 8.33. The van der Waals surface area contributed by atoms with Crippen LogP contribution in [0.2, 0.25) is 0 Å². The average Bonchev–Trinajstić information content (AvgIpc) is 2.89. The monoisotopic (exact) mass is 634 g/mol. The molecule has 0 unspecified atom stereocenters. The van der Waals surface area contributed by atoms with E-state index < -0.39 is 0 Å². The normalized spacial score (nSPS) is 12.6. The zero-order valence-electron chi connectivity index (χ0n) is 23.7. The van der Waals surface area contributed by atoms with Crippen molar-refractivity contribution in [3.63, 3.8) is 0 Å². The zero-order valence-corrected chi connectivity index (χ0v) is 25.6. The third kappa shape index (κ3) is 22.8. The Kier molecular flexibility index (Phi) is 31.0. The van der Waals surface area contributed by atoms with E-state index in [-0.39, 0.29) is 34.1 Å². The summed E-state index contributed by atoms with van der Waals surface area (Å²) in [7, 11) is 0. The van der Waals surface area contributed by atoms with Gasteiger partial charge in [-0.25, -0.2) is 0 Å². The molecule has 0 heterocycles. The molecule has 0 amide bonds. The molecule has 224 valence electrons. The van der Waals surface area contributed by atoms with E-state index in [2.05, 4.69) is 42.0 Å². The molecule has 38 heavy (non-hydrogen) atoms. The number of rotatable bonds is 18. The number of nitroso groups, excluding NO2 is 4. The van der Waals surface area contributed by atoms with E-state index >= 15 is 0 Å². The van der Waals surface area contributed by atoms with Gasteiger partial charge in [0, 0.05) is 49.0 Å². The van der Waals surface area contributed by atoms with Gasteiger partial charge >= 0.3 is 34.1 Å². The van der Waals surface area contributed by atoms with E-state index in [4.69, 9.17) is 0 Å². The summed E-state index contributed by atoms with van der Waals surface area (Å²) in [5, 5.41) is 24.0. The minimum Gasteiger partial charge on any atom is -0.387 e. The molecule has 0 spiro atoms. The SMILES string of the molecule is CC(N=O)=C(C)NCCCCNC(C)=C(C)N=O.CC(N=O)=C(C)NCCCCNC(C)=C(C)N=O.[Cu+].[Cu+]. The molecular formula is C24H44Cu2N8O4+2. The van der Waals surface area contributed by atoms with Crippen molar-refractivity contribution in [2.45, 2.75) is 81.1 Å². The summed E-state index contributed by atoms with van der Waals surface area (Å²) in [6, 6.07) is 0. The molecular weight excluding hydrogens is 591 g/mol. The van der Waals surface area contributed by atoms with Crippen LogP contribution in [0.1, 0.15) is 81.1 Å². The molecule has 0 atom stereocenters. The van der Waals surface area contributed by atoms with Gasteiger partial charge in [0.05, 0.1) is 0 Å². The predicted molar refractivity (Wildman–Crippen MR) is 147 cm³/mol. The summed E-state index contributed by atoms with van der Waals surface area (Å²) in [5.41, 5.74) is 5.20. The van der Waals surface area contributed by atoms with Crippen LogP contribution in [-0.4, -0.2) is 26.2 Å². The van der Waals surface area contributed by atoms with Crippen molar-refractivity contribution in [3.05, 3.63) is 65.2 Å². The van der Waals surface area contributed by atoms with Gasteiger partial charge in [0.2, 0.25) is 0 Å². The smallest absolute Gasteiger partial charge is 0.387 e. The quantitative estimate of drug-likeness (QED) is 0.0814. The molecule has 0 saturated heterocycles. The van der Waals surface area contributed by atoms with Crippen molar-refractivity contribution in [1.82, 2.24) is 21.3 Å². The molecule has 0 bridgehead atoms. The second kappa shape index (κ2) is 27.6. The van der Waals surface area contributed by atoms with Crippen molar-refractivity contribution in [2.75, 3.05) is 26.2 Å². The van der Waals surface area contributed by atoms with Crippen molar-refractivity contribution < 1.29 is 34.1 Å². The fourth-order valence-corrected chi connectivity index (χ4v) is 2.39. The summed E-state index contributed by atoms with van der Waals surface area (Å²) in [6.07, 6.45) is 3.88. The molecule has 0 aromatic carbocycles. The summed E-state index contributed by atoms with van der Waals surface area (Å²) < 4.78 is 0. The van der Waals surface area contributed by atoms with Crippen LogP contribution in [0.25, 0.3) is 0 Å². The standard InChI is InChI=1S/2C12H22N4O2.2Cu/c2*1-9(11(3)15-17)13-7-5-6-8-14-10(2)12(4)16-18;;/h2*13-14H,5-8H2,1-4H3;;/q;;2*+1. The minimum atomic E-state index is 0. The van der Waals surface area contributed by atoms with Crippen LogP contribution in [0.5, 0.6) is 0 Å². The van der Waals surface area contributed by atoms with Gasteiger partial charge in [-0.15, -0.1) is 19.6 Å². The molecule has 0 fully saturated rings. The van der Waals surface area contributed by atoms with Crippen molar-refractivity contribution >= 4 is 0 Å². The fourth-order valence-electron chi connectivity index (χ4n) is 2.39. The number of hydrogen-bond acceptors (Lipinski definition) is 12. The van der Waals surface area contributed by atoms with E-state index in [9.17, 15) is 19.6 Å². The van der Waals surface area contributed by atoms with E-state index in [1.165, 1.54) is 0 Å². The topological polar surface area (TPSA) is 166 Å². The Hall–Kier alpha value is -2.40. The largest absolute Gasteiger partial charge is 1.00 e. The number of hydrogen-bond donors (Lipinski definition) is 4. The third-order valence-electron chi connectivity index (χ3n) is 5.49. The first-order valence-electron chi connectivity index (χ1n) is 12.0. The first kappa shape index (κ1) is 42.7. The molecule has 0 aliphatic rings. The Morgan fingerprint density at radius 2 is 0.553 bits per heavy atom. The van der Waals surface area contributed by atoms with Crippen molar-refractivity contribution in [1.29, 1.82) is 0 Å². The molecule has 0 aromatic rings. The molecule has 0 saturated carbocycles. The van der Waals surface area contributed by atoms with E-state index in [1.54, 1.807) is 27.7 Å². The summed E-state index contributed by atoms with van der Waals surface area (Å²) in [5.74, 6) is 0. The molecule has 0 aliphatic carbocycles. The Labute approximate surface area is 248 Å². The second-order valence-corrected chi connectivity index (χ2v) is 8.33. The molecule has 0 aliphatic heterocycles. The van der Waals surface area contributed by atoms with Gasteiger partial charge in [-0.2, -0.15) is 0 Å². The van der Waals surface area contributed by atoms with Crippen LogP contribution in [0, 0.1) is 19.6 Å². The molecule has 4 N–H and O–H groups in total. The maximum atomic E-state index is 10.3. The number of nitrogens with one attached hydrogen (secondary N) is 4. The molecule has 0 aromatic heterocycles. The van der Waals surface area contributed by atoms with Gasteiger partial charge in [-0.1, -0.05) is 0 Å².